The molecule has 5 heteroatoms. The third-order valence-electron chi connectivity index (χ3n) is 3.10. The number of hydrogen-bond acceptors (Lipinski definition) is 2. The number of rotatable bonds is 7. The minimum absolute atomic E-state index is 0.142. The summed E-state index contributed by atoms with van der Waals surface area (Å²) >= 11 is 0. The van der Waals surface area contributed by atoms with Gasteiger partial charge in [0.1, 0.15) is 0 Å². The van der Waals surface area contributed by atoms with E-state index in [0.29, 0.717) is 18.4 Å². The fourth-order valence-corrected chi connectivity index (χ4v) is 1.91. The molecule has 0 saturated heterocycles. The van der Waals surface area contributed by atoms with Crippen LogP contribution in [0.1, 0.15) is 49.8 Å². The van der Waals surface area contributed by atoms with Gasteiger partial charge in [-0.2, -0.15) is 0 Å². The van der Waals surface area contributed by atoms with Gasteiger partial charge in [0.25, 0.3) is 6.43 Å². The lowest BCUT2D eigenvalue weighted by atomic mass is 9.91. The van der Waals surface area contributed by atoms with E-state index >= 15 is 0 Å². The molecule has 0 saturated carbocycles. The number of carboxylic acid groups (broad SMARTS) is 1. The number of aliphatic carboxylic acids is 1. The average molecular weight is 272 g/mol. The SMILES string of the molecule is CCCCC(C(=O)O)C(O)c1ccc(C(F)F)cc1. The summed E-state index contributed by atoms with van der Waals surface area (Å²) in [6.45, 7) is 1.93. The number of carboxylic acids is 1. The van der Waals surface area contributed by atoms with Gasteiger partial charge in [0, 0.05) is 5.56 Å². The van der Waals surface area contributed by atoms with Gasteiger partial charge in [0.2, 0.25) is 0 Å². The number of benzene rings is 1. The molecule has 0 amide bonds. The Morgan fingerprint density at radius 3 is 2.16 bits per heavy atom. The molecule has 2 unspecified atom stereocenters. The summed E-state index contributed by atoms with van der Waals surface area (Å²) in [6, 6.07) is 5.13. The standard InChI is InChI=1S/C14H18F2O3/c1-2-3-4-11(14(18)19)12(17)9-5-7-10(8-6-9)13(15)16/h5-8,11-13,17H,2-4H2,1H3,(H,18,19). The summed E-state index contributed by atoms with van der Waals surface area (Å²) < 4.78 is 24.8. The molecule has 0 radical (unpaired) electrons. The van der Waals surface area contributed by atoms with Crippen LogP contribution in [0.2, 0.25) is 0 Å². The molecule has 2 N–H and O–H groups in total. The Kier molecular flexibility index (Phi) is 5.89. The van der Waals surface area contributed by atoms with E-state index in [1.807, 2.05) is 6.92 Å². The van der Waals surface area contributed by atoms with Crippen molar-refractivity contribution in [2.24, 2.45) is 5.92 Å². The molecule has 19 heavy (non-hydrogen) atoms. The van der Waals surface area contributed by atoms with Crippen LogP contribution < -0.4 is 0 Å². The number of hydrogen-bond donors (Lipinski definition) is 2. The van der Waals surface area contributed by atoms with Crippen LogP contribution in [0.5, 0.6) is 0 Å². The van der Waals surface area contributed by atoms with Crippen molar-refractivity contribution in [3.63, 3.8) is 0 Å². The Labute approximate surface area is 110 Å². The number of halogens is 2. The maximum atomic E-state index is 12.4. The second kappa shape index (κ2) is 7.19. The first kappa shape index (κ1) is 15.6. The van der Waals surface area contributed by atoms with Gasteiger partial charge in [-0.1, -0.05) is 44.0 Å². The van der Waals surface area contributed by atoms with Crippen LogP contribution in [-0.4, -0.2) is 16.2 Å². The fraction of sp³-hybridized carbons (Fsp3) is 0.500. The van der Waals surface area contributed by atoms with Crippen molar-refractivity contribution >= 4 is 5.97 Å². The minimum Gasteiger partial charge on any atom is -0.481 e. The summed E-state index contributed by atoms with van der Waals surface area (Å²) in [5.41, 5.74) is 0.212. The van der Waals surface area contributed by atoms with Gasteiger partial charge in [-0.3, -0.25) is 4.79 Å². The van der Waals surface area contributed by atoms with Crippen molar-refractivity contribution in [2.75, 3.05) is 0 Å². The van der Waals surface area contributed by atoms with Crippen molar-refractivity contribution in [3.05, 3.63) is 35.4 Å². The van der Waals surface area contributed by atoms with E-state index in [-0.39, 0.29) is 5.56 Å². The first-order valence-corrected chi connectivity index (χ1v) is 6.26. The third-order valence-corrected chi connectivity index (χ3v) is 3.10. The summed E-state index contributed by atoms with van der Waals surface area (Å²) in [7, 11) is 0. The highest BCUT2D eigenvalue weighted by molar-refractivity contribution is 5.71. The van der Waals surface area contributed by atoms with E-state index < -0.39 is 24.4 Å². The van der Waals surface area contributed by atoms with Gasteiger partial charge in [-0.15, -0.1) is 0 Å². The van der Waals surface area contributed by atoms with Gasteiger partial charge >= 0.3 is 5.97 Å². The molecule has 0 spiro atoms. The predicted molar refractivity (Wildman–Crippen MR) is 67.0 cm³/mol. The fourth-order valence-electron chi connectivity index (χ4n) is 1.91. The lowest BCUT2D eigenvalue weighted by Crippen LogP contribution is -2.22. The molecule has 0 fully saturated rings. The third kappa shape index (κ3) is 4.28. The molecule has 1 rings (SSSR count). The van der Waals surface area contributed by atoms with E-state index in [0.717, 1.165) is 6.42 Å². The second-order valence-electron chi connectivity index (χ2n) is 4.50. The molecule has 106 valence electrons. The summed E-state index contributed by atoms with van der Waals surface area (Å²) in [6.07, 6.45) is -1.84. The zero-order chi connectivity index (χ0) is 14.4. The molecule has 1 aromatic carbocycles. The zero-order valence-electron chi connectivity index (χ0n) is 10.7. The van der Waals surface area contributed by atoms with E-state index in [1.165, 1.54) is 24.3 Å². The maximum Gasteiger partial charge on any atom is 0.309 e. The average Bonchev–Trinajstić information content (AvgIpc) is 2.38. The summed E-state index contributed by atoms with van der Waals surface area (Å²) in [5, 5.41) is 19.1. The number of carbonyl (C=O) groups is 1. The first-order chi connectivity index (χ1) is 8.97. The van der Waals surface area contributed by atoms with Gasteiger partial charge in [-0.25, -0.2) is 8.78 Å². The maximum absolute atomic E-state index is 12.4. The van der Waals surface area contributed by atoms with Gasteiger partial charge in [0.05, 0.1) is 12.0 Å². The molecule has 0 bridgehead atoms. The van der Waals surface area contributed by atoms with Crippen molar-refractivity contribution in [2.45, 2.75) is 38.7 Å². The lowest BCUT2D eigenvalue weighted by Gasteiger charge is -2.19. The van der Waals surface area contributed by atoms with Crippen LogP contribution in [-0.2, 0) is 4.79 Å². The molecule has 3 nitrogen and oxygen atoms in total. The normalized spacial score (nSPS) is 14.4. The Morgan fingerprint density at radius 2 is 1.74 bits per heavy atom. The predicted octanol–water partition coefficient (Wildman–Crippen LogP) is 3.55. The highest BCUT2D eigenvalue weighted by Gasteiger charge is 2.27. The van der Waals surface area contributed by atoms with Crippen LogP contribution >= 0.6 is 0 Å². The molecule has 0 heterocycles. The molecule has 0 aliphatic carbocycles. The van der Waals surface area contributed by atoms with Crippen molar-refractivity contribution in [3.8, 4) is 0 Å². The number of aliphatic hydroxyl groups is 1. The minimum atomic E-state index is -2.57. The molecule has 0 aromatic heterocycles. The quantitative estimate of drug-likeness (QED) is 0.798. The Balaban J connectivity index is 2.83. The van der Waals surface area contributed by atoms with E-state index in [2.05, 4.69) is 0 Å². The monoisotopic (exact) mass is 272 g/mol. The Bertz CT molecular complexity index is 404. The van der Waals surface area contributed by atoms with Crippen LogP contribution in [0, 0.1) is 5.92 Å². The lowest BCUT2D eigenvalue weighted by molar-refractivity contribution is -0.146. The molecular formula is C14H18F2O3. The molecule has 1 aromatic rings. The zero-order valence-corrected chi connectivity index (χ0v) is 10.7. The van der Waals surface area contributed by atoms with Gasteiger partial charge in [-0.05, 0) is 12.0 Å². The van der Waals surface area contributed by atoms with E-state index in [1.54, 1.807) is 0 Å². The van der Waals surface area contributed by atoms with Crippen LogP contribution in [0.15, 0.2) is 24.3 Å². The molecular weight excluding hydrogens is 254 g/mol. The van der Waals surface area contributed by atoms with Crippen molar-refractivity contribution in [1.82, 2.24) is 0 Å². The van der Waals surface area contributed by atoms with Crippen LogP contribution in [0.25, 0.3) is 0 Å². The second-order valence-corrected chi connectivity index (χ2v) is 4.50. The molecule has 2 atom stereocenters. The highest BCUT2D eigenvalue weighted by Crippen LogP contribution is 2.28. The Morgan fingerprint density at radius 1 is 1.21 bits per heavy atom. The summed E-state index contributed by atoms with van der Waals surface area (Å²) in [4.78, 5) is 11.1. The van der Waals surface area contributed by atoms with Crippen molar-refractivity contribution in [1.29, 1.82) is 0 Å². The van der Waals surface area contributed by atoms with E-state index in [9.17, 15) is 18.7 Å². The smallest absolute Gasteiger partial charge is 0.309 e. The first-order valence-electron chi connectivity index (χ1n) is 6.26. The van der Waals surface area contributed by atoms with Crippen molar-refractivity contribution < 1.29 is 23.8 Å². The number of unbranched alkanes of at least 4 members (excludes halogenated alkanes) is 1. The molecule has 0 aliphatic rings. The van der Waals surface area contributed by atoms with E-state index in [4.69, 9.17) is 5.11 Å². The highest BCUT2D eigenvalue weighted by atomic mass is 19.3. The Hall–Kier alpha value is -1.49. The number of alkyl halides is 2. The van der Waals surface area contributed by atoms with Crippen LogP contribution in [0.3, 0.4) is 0 Å². The molecule has 0 aliphatic heterocycles. The van der Waals surface area contributed by atoms with Gasteiger partial charge < -0.3 is 10.2 Å². The topological polar surface area (TPSA) is 57.5 Å². The van der Waals surface area contributed by atoms with Gasteiger partial charge in [0.15, 0.2) is 0 Å². The summed E-state index contributed by atoms with van der Waals surface area (Å²) in [5.74, 6) is -1.98. The number of aliphatic hydroxyl groups excluding tert-OH is 1. The van der Waals surface area contributed by atoms with Crippen LogP contribution in [0.4, 0.5) is 8.78 Å². The largest absolute Gasteiger partial charge is 0.481 e.